The Kier molecular flexibility index (Phi) is 9.75. The Morgan fingerprint density at radius 2 is 1.79 bits per heavy atom. The first-order chi connectivity index (χ1) is 23.1. The number of imidazole rings is 1. The number of hydrogen-bond acceptors (Lipinski definition) is 17. The molecule has 0 radical (unpaired) electrons. The minimum atomic E-state index is -4.33. The average Bonchev–Trinajstić information content (AvgIpc) is 3.79. The Bertz CT molecular complexity index is 1890. The molecule has 23 heteroatoms. The van der Waals surface area contributed by atoms with Crippen molar-refractivity contribution < 1.29 is 52.2 Å². The number of nitrogen functional groups attached to an aromatic ring is 1. The number of nitrogens with two attached hydrogens (primary N) is 1. The van der Waals surface area contributed by atoms with Crippen LogP contribution in [-0.4, -0.2) is 106 Å². The standard InChI is InChI=1S/C25H32N8O11P2S2/c26-20-15-22(29-8-27-20)33(10-31-15)25-19(43-45(37)47)16(35)13(42-25)7-40-46(38,48)44-18-12(6-34)41-24(17(18)36)32-5-11-3-1-2-4-39-23-14(11)21(32)28-9-30-23/h5,8-10,12-13,16-19,24-25,34-36,45H,1-4,6-7H2,(H,37,47)(H,38,48)(H2,26,27,29)/t12-,13-,16-,17-,18-,19-,24-,25-,46?/m1/s1. The van der Waals surface area contributed by atoms with E-state index in [0.717, 1.165) is 24.8 Å². The third-order valence-corrected chi connectivity index (χ3v) is 10.8. The van der Waals surface area contributed by atoms with E-state index in [4.69, 9.17) is 33.5 Å². The lowest BCUT2D eigenvalue weighted by atomic mass is 10.1. The van der Waals surface area contributed by atoms with Crippen LogP contribution in [-0.2, 0) is 38.6 Å². The summed E-state index contributed by atoms with van der Waals surface area (Å²) in [6.07, 6.45) is -1.92. The van der Waals surface area contributed by atoms with Gasteiger partial charge >= 0.3 is 6.80 Å². The van der Waals surface area contributed by atoms with E-state index in [-0.39, 0.29) is 17.0 Å². The van der Waals surface area contributed by atoms with Gasteiger partial charge in [-0.05, 0) is 24.8 Å². The normalized spacial score (nSPS) is 31.0. The number of aliphatic hydroxyl groups is 3. The van der Waals surface area contributed by atoms with E-state index in [1.807, 2.05) is 0 Å². The second-order valence-electron chi connectivity index (χ2n) is 11.3. The molecule has 4 aromatic rings. The van der Waals surface area contributed by atoms with Crippen molar-refractivity contribution >= 4 is 66.5 Å². The molecule has 3 aliphatic heterocycles. The number of hydrogen-bond donors (Lipinski definition) is 6. The van der Waals surface area contributed by atoms with Gasteiger partial charge in [-0.15, -0.1) is 0 Å². The molecule has 2 fully saturated rings. The zero-order valence-corrected chi connectivity index (χ0v) is 28.5. The molecule has 260 valence electrons. The molecule has 4 aromatic heterocycles. The lowest BCUT2D eigenvalue weighted by Gasteiger charge is -2.24. The van der Waals surface area contributed by atoms with Gasteiger partial charge in [0.1, 0.15) is 60.4 Å². The zero-order valence-electron chi connectivity index (χ0n) is 24.8. The molecule has 48 heavy (non-hydrogen) atoms. The highest BCUT2D eigenvalue weighted by Gasteiger charge is 2.50. The van der Waals surface area contributed by atoms with Gasteiger partial charge < -0.3 is 44.4 Å². The van der Waals surface area contributed by atoms with Crippen molar-refractivity contribution in [3.63, 3.8) is 0 Å². The summed E-state index contributed by atoms with van der Waals surface area (Å²) in [5, 5.41) is 33.3. The van der Waals surface area contributed by atoms with Gasteiger partial charge in [0.2, 0.25) is 13.1 Å². The first-order valence-electron chi connectivity index (χ1n) is 14.8. The molecule has 0 spiro atoms. The minimum absolute atomic E-state index is 0.106. The number of aryl methyl sites for hydroxylation is 1. The highest BCUT2D eigenvalue weighted by molar-refractivity contribution is 8.44. The lowest BCUT2D eigenvalue weighted by Crippen LogP contribution is -2.36. The summed E-state index contributed by atoms with van der Waals surface area (Å²) in [5.74, 6) is 0.529. The van der Waals surface area contributed by atoms with E-state index in [2.05, 4.69) is 49.4 Å². The van der Waals surface area contributed by atoms with Gasteiger partial charge in [0.25, 0.3) is 0 Å². The molecule has 0 bridgehead atoms. The van der Waals surface area contributed by atoms with Crippen LogP contribution in [0.2, 0.25) is 0 Å². The number of aliphatic hydroxyl groups excluding tert-OH is 3. The molecule has 7 rings (SSSR count). The van der Waals surface area contributed by atoms with Gasteiger partial charge in [-0.2, -0.15) is 0 Å². The summed E-state index contributed by atoms with van der Waals surface area (Å²) in [6, 6.07) is 0. The zero-order chi connectivity index (χ0) is 33.7. The van der Waals surface area contributed by atoms with Crippen molar-refractivity contribution in [3.05, 3.63) is 30.7 Å². The predicted molar refractivity (Wildman–Crippen MR) is 173 cm³/mol. The third kappa shape index (κ3) is 6.36. The molecule has 0 aromatic carbocycles. The number of aromatic nitrogens is 7. The van der Waals surface area contributed by atoms with Crippen LogP contribution in [0.3, 0.4) is 0 Å². The van der Waals surface area contributed by atoms with Crippen molar-refractivity contribution in [2.45, 2.75) is 68.3 Å². The number of thiol groups is 2. The van der Waals surface area contributed by atoms with Gasteiger partial charge in [0, 0.05) is 6.20 Å². The second kappa shape index (κ2) is 13.7. The van der Waals surface area contributed by atoms with Crippen LogP contribution in [0.15, 0.2) is 25.2 Å². The Morgan fingerprint density at radius 3 is 2.58 bits per heavy atom. The number of ether oxygens (including phenoxy) is 3. The molecule has 2 saturated heterocycles. The fourth-order valence-corrected chi connectivity index (χ4v) is 8.51. The van der Waals surface area contributed by atoms with E-state index >= 15 is 0 Å². The Hall–Kier alpha value is -2.39. The fraction of sp³-hybridized carbons (Fsp3) is 0.560. The molecule has 2 unspecified atom stereocenters. The van der Waals surface area contributed by atoms with Gasteiger partial charge in [-0.3, -0.25) is 18.2 Å². The quantitative estimate of drug-likeness (QED) is 0.0986. The molecular weight excluding hydrogens is 714 g/mol. The van der Waals surface area contributed by atoms with Crippen molar-refractivity contribution in [2.24, 2.45) is 0 Å². The SMILES string of the molecule is Nc1ncnc2c1ncn2[C@@H]1O[C@H](COP(=O)(S)O[C@H]2[C@@H](O)[C@H](n3cc4c5c(ncnc53)OCCCC4)O[C@@H]2CO)[C@@H](O)[C@H]1O[PH](=O)S. The van der Waals surface area contributed by atoms with E-state index < -0.39 is 76.3 Å². The topological polar surface area (TPSA) is 251 Å². The molecule has 10 atom stereocenters. The van der Waals surface area contributed by atoms with Gasteiger partial charge in [-0.1, -0.05) is 24.5 Å². The van der Waals surface area contributed by atoms with Crippen LogP contribution in [0.1, 0.15) is 30.9 Å². The summed E-state index contributed by atoms with van der Waals surface area (Å²) in [4.78, 5) is 20.9. The molecule has 0 aliphatic carbocycles. The molecule has 0 amide bonds. The highest BCUT2D eigenvalue weighted by atomic mass is 32.7. The van der Waals surface area contributed by atoms with Crippen molar-refractivity contribution in [1.82, 2.24) is 34.1 Å². The molecule has 3 aliphatic rings. The second-order valence-corrected chi connectivity index (χ2v) is 16.0. The van der Waals surface area contributed by atoms with Gasteiger partial charge in [-0.25, -0.2) is 29.5 Å². The number of anilines is 1. The van der Waals surface area contributed by atoms with Crippen molar-refractivity contribution in [3.8, 4) is 5.88 Å². The maximum atomic E-state index is 13.5. The summed E-state index contributed by atoms with van der Waals surface area (Å²) in [6.45, 7) is -4.96. The Morgan fingerprint density at radius 1 is 1.02 bits per heavy atom. The van der Waals surface area contributed by atoms with E-state index in [9.17, 15) is 24.4 Å². The maximum absolute atomic E-state index is 13.5. The summed E-state index contributed by atoms with van der Waals surface area (Å²) >= 11 is 7.94. The van der Waals surface area contributed by atoms with E-state index in [1.165, 1.54) is 23.5 Å². The average molecular weight is 747 g/mol. The van der Waals surface area contributed by atoms with Crippen molar-refractivity contribution in [1.29, 1.82) is 0 Å². The minimum Gasteiger partial charge on any atom is -0.477 e. The number of nitrogens with zero attached hydrogens (tertiary/aromatic N) is 7. The van der Waals surface area contributed by atoms with Crippen LogP contribution < -0.4 is 10.5 Å². The predicted octanol–water partition coefficient (Wildman–Crippen LogP) is 1.22. The van der Waals surface area contributed by atoms with Crippen LogP contribution >= 0.6 is 38.5 Å². The van der Waals surface area contributed by atoms with E-state index in [1.54, 1.807) is 10.8 Å². The van der Waals surface area contributed by atoms with Gasteiger partial charge in [0.15, 0.2) is 23.9 Å². The summed E-state index contributed by atoms with van der Waals surface area (Å²) in [7, 11) is -2.88. The smallest absolute Gasteiger partial charge is 0.386 e. The van der Waals surface area contributed by atoms with Crippen LogP contribution in [0.4, 0.5) is 5.82 Å². The summed E-state index contributed by atoms with van der Waals surface area (Å²) < 4.78 is 62.9. The first kappa shape index (κ1) is 34.1. The number of rotatable bonds is 10. The highest BCUT2D eigenvalue weighted by Crippen LogP contribution is 2.57. The first-order valence-corrected chi connectivity index (χ1v) is 20.1. The summed E-state index contributed by atoms with van der Waals surface area (Å²) in [5.41, 5.74) is 7.76. The Labute approximate surface area is 282 Å². The Balaban J connectivity index is 1.07. The van der Waals surface area contributed by atoms with Crippen LogP contribution in [0, 0.1) is 0 Å². The molecule has 7 heterocycles. The molecule has 0 saturated carbocycles. The number of fused-ring (bicyclic) bond motifs is 1. The van der Waals surface area contributed by atoms with Crippen molar-refractivity contribution in [2.75, 3.05) is 25.6 Å². The molecular formula is C25H32N8O11P2S2. The van der Waals surface area contributed by atoms with Gasteiger partial charge in [0.05, 0.1) is 31.5 Å². The monoisotopic (exact) mass is 746 g/mol. The van der Waals surface area contributed by atoms with E-state index in [0.29, 0.717) is 23.5 Å². The molecule has 19 nitrogen and oxygen atoms in total. The fourth-order valence-electron chi connectivity index (χ4n) is 6.17. The lowest BCUT2D eigenvalue weighted by molar-refractivity contribution is -0.0524. The maximum Gasteiger partial charge on any atom is 0.386 e. The van der Waals surface area contributed by atoms with Crippen LogP contribution in [0.5, 0.6) is 5.88 Å². The van der Waals surface area contributed by atoms with Crippen LogP contribution in [0.25, 0.3) is 22.2 Å². The largest absolute Gasteiger partial charge is 0.477 e. The third-order valence-electron chi connectivity index (χ3n) is 8.36. The molecule has 5 N–H and O–H groups in total.